The Morgan fingerprint density at radius 1 is 1.44 bits per heavy atom. The van der Waals surface area contributed by atoms with E-state index in [2.05, 4.69) is 25.9 Å². The highest BCUT2D eigenvalue weighted by atomic mass is 16.3. The van der Waals surface area contributed by atoms with Crippen LogP contribution in [-0.4, -0.2) is 20.5 Å². The monoisotopic (exact) mass is 248 g/mol. The van der Waals surface area contributed by atoms with Gasteiger partial charge >= 0.3 is 0 Å². The Labute approximate surface area is 109 Å². The summed E-state index contributed by atoms with van der Waals surface area (Å²) in [5, 5.41) is 15.6. The molecule has 3 heteroatoms. The smallest absolute Gasteiger partial charge is 0.0795 e. The minimum atomic E-state index is -0.591. The van der Waals surface area contributed by atoms with E-state index in [-0.39, 0.29) is 10.8 Å². The highest BCUT2D eigenvalue weighted by Crippen LogP contribution is 2.68. The van der Waals surface area contributed by atoms with Crippen molar-refractivity contribution in [2.45, 2.75) is 52.1 Å². The average Bonchev–Trinajstić information content (AvgIpc) is 2.88. The Morgan fingerprint density at radius 2 is 2.17 bits per heavy atom. The number of aromatic nitrogens is 2. The van der Waals surface area contributed by atoms with Gasteiger partial charge in [0.1, 0.15) is 0 Å². The Morgan fingerprint density at radius 3 is 2.67 bits per heavy atom. The zero-order chi connectivity index (χ0) is 13.2. The van der Waals surface area contributed by atoms with Gasteiger partial charge in [0.25, 0.3) is 0 Å². The molecule has 0 spiro atoms. The normalized spacial score (nSPS) is 41.5. The van der Waals surface area contributed by atoms with Crippen molar-refractivity contribution >= 4 is 0 Å². The lowest BCUT2D eigenvalue weighted by Crippen LogP contribution is -2.55. The van der Waals surface area contributed by atoms with Crippen LogP contribution in [0.3, 0.4) is 0 Å². The van der Waals surface area contributed by atoms with Gasteiger partial charge < -0.3 is 5.11 Å². The van der Waals surface area contributed by atoms with Gasteiger partial charge in [-0.1, -0.05) is 20.8 Å². The van der Waals surface area contributed by atoms with Crippen LogP contribution in [0, 0.1) is 16.7 Å². The molecular formula is C15H24N2O. The highest BCUT2D eigenvalue weighted by Gasteiger charge is 2.68. The molecule has 1 N–H and O–H groups in total. The molecule has 2 aliphatic rings. The first-order chi connectivity index (χ1) is 8.28. The summed E-state index contributed by atoms with van der Waals surface area (Å²) in [4.78, 5) is 0. The maximum Gasteiger partial charge on any atom is 0.0795 e. The molecule has 0 aromatic carbocycles. The third-order valence-corrected chi connectivity index (χ3v) is 6.04. The lowest BCUT2D eigenvalue weighted by molar-refractivity contribution is -0.141. The molecule has 2 fully saturated rings. The Kier molecular flexibility index (Phi) is 2.30. The first-order valence-electron chi connectivity index (χ1n) is 6.98. The van der Waals surface area contributed by atoms with Crippen molar-refractivity contribution in [2.24, 2.45) is 23.8 Å². The first-order valence-corrected chi connectivity index (χ1v) is 6.98. The SMILES string of the molecule is Cn1cc(CC2(O)C3(C)CCC(C3)C2(C)C)cn1. The van der Waals surface area contributed by atoms with Gasteiger partial charge in [0.05, 0.1) is 11.8 Å². The molecule has 3 unspecified atom stereocenters. The van der Waals surface area contributed by atoms with Crippen LogP contribution in [0.2, 0.25) is 0 Å². The molecule has 0 aliphatic heterocycles. The van der Waals surface area contributed by atoms with Crippen LogP contribution in [0.1, 0.15) is 45.6 Å². The van der Waals surface area contributed by atoms with Gasteiger partial charge in [-0.3, -0.25) is 4.68 Å². The maximum atomic E-state index is 11.4. The van der Waals surface area contributed by atoms with E-state index in [9.17, 15) is 5.11 Å². The molecule has 0 amide bonds. The second-order valence-corrected chi connectivity index (χ2v) is 7.28. The summed E-state index contributed by atoms with van der Waals surface area (Å²) in [6.07, 6.45) is 8.28. The Bertz CT molecular complexity index is 472. The minimum Gasteiger partial charge on any atom is -0.388 e. The molecule has 1 heterocycles. The molecule has 3 nitrogen and oxygen atoms in total. The largest absolute Gasteiger partial charge is 0.388 e. The molecule has 3 atom stereocenters. The van der Waals surface area contributed by atoms with E-state index in [1.165, 1.54) is 12.8 Å². The standard InChI is InChI=1S/C15H24N2O/c1-13(2)12-5-6-14(3,8-12)15(13,18)7-11-9-16-17(4)10-11/h9-10,12,18H,5-8H2,1-4H3. The predicted octanol–water partition coefficient (Wildman–Crippen LogP) is 2.54. The number of nitrogens with zero attached hydrogens (tertiary/aromatic N) is 2. The molecule has 2 saturated carbocycles. The van der Waals surface area contributed by atoms with E-state index in [0.29, 0.717) is 5.92 Å². The van der Waals surface area contributed by atoms with Gasteiger partial charge in [0, 0.05) is 19.7 Å². The van der Waals surface area contributed by atoms with E-state index in [1.54, 1.807) is 0 Å². The fraction of sp³-hybridized carbons (Fsp3) is 0.800. The number of aryl methyl sites for hydroxylation is 1. The summed E-state index contributed by atoms with van der Waals surface area (Å²) >= 11 is 0. The summed E-state index contributed by atoms with van der Waals surface area (Å²) in [6.45, 7) is 6.77. The molecule has 2 aliphatic carbocycles. The summed E-state index contributed by atoms with van der Waals surface area (Å²) in [7, 11) is 1.93. The van der Waals surface area contributed by atoms with Gasteiger partial charge in [0.15, 0.2) is 0 Å². The van der Waals surface area contributed by atoms with Gasteiger partial charge in [-0.25, -0.2) is 0 Å². The zero-order valence-corrected chi connectivity index (χ0v) is 11.9. The molecule has 1 aromatic heterocycles. The van der Waals surface area contributed by atoms with Crippen molar-refractivity contribution in [2.75, 3.05) is 0 Å². The molecule has 18 heavy (non-hydrogen) atoms. The number of rotatable bonds is 2. The summed E-state index contributed by atoms with van der Waals surface area (Å²) in [5.41, 5.74) is 0.653. The molecular weight excluding hydrogens is 224 g/mol. The summed E-state index contributed by atoms with van der Waals surface area (Å²) in [5.74, 6) is 0.671. The fourth-order valence-corrected chi connectivity index (χ4v) is 4.65. The van der Waals surface area contributed by atoms with E-state index in [0.717, 1.165) is 18.4 Å². The molecule has 2 bridgehead atoms. The van der Waals surface area contributed by atoms with E-state index in [1.807, 2.05) is 24.1 Å². The van der Waals surface area contributed by atoms with Gasteiger partial charge in [-0.2, -0.15) is 5.10 Å². The topological polar surface area (TPSA) is 38.0 Å². The number of aliphatic hydroxyl groups is 1. The molecule has 0 saturated heterocycles. The predicted molar refractivity (Wildman–Crippen MR) is 71.1 cm³/mol. The first kappa shape index (κ1) is 12.2. The lowest BCUT2D eigenvalue weighted by atomic mass is 9.58. The van der Waals surface area contributed by atoms with Gasteiger partial charge in [-0.15, -0.1) is 0 Å². The van der Waals surface area contributed by atoms with Crippen molar-refractivity contribution < 1.29 is 5.11 Å². The van der Waals surface area contributed by atoms with Crippen molar-refractivity contribution in [1.82, 2.24) is 9.78 Å². The van der Waals surface area contributed by atoms with Crippen molar-refractivity contribution in [3.05, 3.63) is 18.0 Å². The Hall–Kier alpha value is -0.830. The van der Waals surface area contributed by atoms with E-state index < -0.39 is 5.60 Å². The Balaban J connectivity index is 1.97. The van der Waals surface area contributed by atoms with Crippen LogP contribution in [0.15, 0.2) is 12.4 Å². The van der Waals surface area contributed by atoms with Crippen LogP contribution in [0.4, 0.5) is 0 Å². The van der Waals surface area contributed by atoms with Crippen LogP contribution in [-0.2, 0) is 13.5 Å². The van der Waals surface area contributed by atoms with E-state index >= 15 is 0 Å². The van der Waals surface area contributed by atoms with Gasteiger partial charge in [-0.05, 0) is 41.6 Å². The highest BCUT2D eigenvalue weighted by molar-refractivity contribution is 5.23. The average molecular weight is 248 g/mol. The van der Waals surface area contributed by atoms with E-state index in [4.69, 9.17) is 0 Å². The molecule has 100 valence electrons. The quantitative estimate of drug-likeness (QED) is 0.873. The second-order valence-electron chi connectivity index (χ2n) is 7.28. The zero-order valence-electron chi connectivity index (χ0n) is 11.9. The van der Waals surface area contributed by atoms with Crippen molar-refractivity contribution in [3.8, 4) is 0 Å². The van der Waals surface area contributed by atoms with Gasteiger partial charge in [0.2, 0.25) is 0 Å². The molecule has 0 radical (unpaired) electrons. The summed E-state index contributed by atoms with van der Waals surface area (Å²) in [6, 6.07) is 0. The van der Waals surface area contributed by atoms with Crippen molar-refractivity contribution in [1.29, 1.82) is 0 Å². The lowest BCUT2D eigenvalue weighted by Gasteiger charge is -2.50. The van der Waals surface area contributed by atoms with Crippen LogP contribution in [0.5, 0.6) is 0 Å². The minimum absolute atomic E-state index is 0.00976. The third kappa shape index (κ3) is 1.31. The van der Waals surface area contributed by atoms with Crippen molar-refractivity contribution in [3.63, 3.8) is 0 Å². The second kappa shape index (κ2) is 3.38. The third-order valence-electron chi connectivity index (χ3n) is 6.04. The number of hydrogen-bond acceptors (Lipinski definition) is 2. The fourth-order valence-electron chi connectivity index (χ4n) is 4.65. The van der Waals surface area contributed by atoms with Crippen LogP contribution in [0.25, 0.3) is 0 Å². The molecule has 1 aromatic rings. The molecule has 3 rings (SSSR count). The number of hydrogen-bond donors (Lipinski definition) is 1. The number of fused-ring (bicyclic) bond motifs is 2. The van der Waals surface area contributed by atoms with Crippen LogP contribution >= 0.6 is 0 Å². The van der Waals surface area contributed by atoms with Crippen LogP contribution < -0.4 is 0 Å². The summed E-state index contributed by atoms with van der Waals surface area (Å²) < 4.78 is 1.82. The maximum absolute atomic E-state index is 11.4.